The Morgan fingerprint density at radius 3 is 2.56 bits per heavy atom. The van der Waals surface area contributed by atoms with Gasteiger partial charge in [0, 0.05) is 0 Å². The van der Waals surface area contributed by atoms with E-state index in [-0.39, 0.29) is 6.16 Å². The summed E-state index contributed by atoms with van der Waals surface area (Å²) in [5, 5.41) is 0. The van der Waals surface area contributed by atoms with Gasteiger partial charge in [0.1, 0.15) is 5.76 Å². The lowest BCUT2D eigenvalue weighted by Crippen LogP contribution is -1.87. The Kier molecular flexibility index (Phi) is 4.28. The first-order chi connectivity index (χ1) is 4.20. The zero-order valence-electron chi connectivity index (χ0n) is 5.59. The fourth-order valence-corrected chi connectivity index (χ4v) is 0.819. The van der Waals surface area contributed by atoms with Gasteiger partial charge in [0.15, 0.2) is 0 Å². The molecule has 0 aliphatic carbocycles. The van der Waals surface area contributed by atoms with Crippen molar-refractivity contribution in [2.24, 2.45) is 0 Å². The minimum absolute atomic E-state index is 0.280. The Balaban J connectivity index is 3.47. The normalized spacial score (nSPS) is 10.7. The van der Waals surface area contributed by atoms with Crippen molar-refractivity contribution >= 4 is 8.03 Å². The molecule has 1 unspecified atom stereocenters. The second-order valence-electron chi connectivity index (χ2n) is 1.42. The largest absolute Gasteiger partial charge is 0.515 e. The van der Waals surface area contributed by atoms with Gasteiger partial charge in [0.2, 0.25) is 6.16 Å². The fourth-order valence-electron chi connectivity index (χ4n) is 0.273. The molecule has 0 saturated carbocycles. The molecule has 0 rings (SSSR count). The van der Waals surface area contributed by atoms with Crippen LogP contribution in [0.1, 0.15) is 0 Å². The monoisotopic (exact) mass is 149 g/mol. The lowest BCUT2D eigenvalue weighted by atomic mass is 10.7. The third kappa shape index (κ3) is 4.13. The molecule has 0 heterocycles. The lowest BCUT2D eigenvalue weighted by Gasteiger charge is -1.92. The minimum atomic E-state index is -1.60. The van der Waals surface area contributed by atoms with Gasteiger partial charge in [-0.3, -0.25) is 0 Å². The van der Waals surface area contributed by atoms with E-state index in [0.717, 1.165) is 0 Å². The maximum atomic E-state index is 10.6. The molecule has 0 amide bonds. The van der Waals surface area contributed by atoms with Crippen LogP contribution in [0.25, 0.3) is 0 Å². The smallest absolute Gasteiger partial charge is 0.497 e. The molecule has 52 valence electrons. The van der Waals surface area contributed by atoms with Crippen molar-refractivity contribution in [3.63, 3.8) is 0 Å². The predicted octanol–water partition coefficient (Wildman–Crippen LogP) is 1.54. The third-order valence-corrected chi connectivity index (χ3v) is 1.82. The van der Waals surface area contributed by atoms with E-state index in [0.29, 0.717) is 5.76 Å². The Hall–Kier alpha value is -0.400. The first-order valence-corrected chi connectivity index (χ1v) is 3.77. The molecular weight excluding hydrogens is 139 g/mol. The standard InChI is InChI=1S/C5H10O3P/c1-5(7-2)4-9(6)8-3/h1,4H2,2-3H3/q+1. The van der Waals surface area contributed by atoms with Crippen molar-refractivity contribution < 1.29 is 13.8 Å². The zero-order valence-corrected chi connectivity index (χ0v) is 6.48. The van der Waals surface area contributed by atoms with Crippen LogP contribution in [0.5, 0.6) is 0 Å². The molecule has 3 nitrogen and oxygen atoms in total. The molecule has 0 aromatic heterocycles. The molecule has 0 aliphatic rings. The molecule has 1 atom stereocenters. The average Bonchev–Trinajstić information content (AvgIpc) is 1.87. The van der Waals surface area contributed by atoms with E-state index in [9.17, 15) is 4.57 Å². The highest BCUT2D eigenvalue weighted by Gasteiger charge is 2.16. The van der Waals surface area contributed by atoms with Gasteiger partial charge in [0.25, 0.3) is 0 Å². The van der Waals surface area contributed by atoms with Gasteiger partial charge in [-0.25, -0.2) is 0 Å². The van der Waals surface area contributed by atoms with E-state index in [1.807, 2.05) is 0 Å². The fraction of sp³-hybridized carbons (Fsp3) is 0.600. The maximum absolute atomic E-state index is 10.6. The van der Waals surface area contributed by atoms with Crippen molar-refractivity contribution in [3.05, 3.63) is 12.3 Å². The molecule has 0 fully saturated rings. The number of methoxy groups -OCH3 is 1. The van der Waals surface area contributed by atoms with Crippen LogP contribution >= 0.6 is 8.03 Å². The summed E-state index contributed by atoms with van der Waals surface area (Å²) in [5.74, 6) is 0.484. The van der Waals surface area contributed by atoms with Crippen LogP contribution in [0, 0.1) is 0 Å². The highest BCUT2D eigenvalue weighted by atomic mass is 31.1. The van der Waals surface area contributed by atoms with Gasteiger partial charge >= 0.3 is 8.03 Å². The number of allylic oxidation sites excluding steroid dienone is 1. The van der Waals surface area contributed by atoms with Crippen LogP contribution in [-0.2, 0) is 13.8 Å². The number of rotatable bonds is 4. The van der Waals surface area contributed by atoms with Crippen LogP contribution in [-0.4, -0.2) is 20.4 Å². The molecule has 0 aromatic carbocycles. The van der Waals surface area contributed by atoms with Gasteiger partial charge in [-0.1, -0.05) is 6.58 Å². The number of hydrogen-bond donors (Lipinski definition) is 0. The molecule has 0 aromatic rings. The molecule has 0 saturated heterocycles. The topological polar surface area (TPSA) is 35.5 Å². The summed E-state index contributed by atoms with van der Waals surface area (Å²) in [4.78, 5) is 0. The van der Waals surface area contributed by atoms with Gasteiger partial charge in [-0.05, 0) is 4.57 Å². The predicted molar refractivity (Wildman–Crippen MR) is 35.6 cm³/mol. The van der Waals surface area contributed by atoms with Crippen molar-refractivity contribution in [3.8, 4) is 0 Å². The molecule has 0 aliphatic heterocycles. The Morgan fingerprint density at radius 1 is 1.67 bits per heavy atom. The van der Waals surface area contributed by atoms with Crippen LogP contribution in [0.3, 0.4) is 0 Å². The van der Waals surface area contributed by atoms with Crippen molar-refractivity contribution in [1.82, 2.24) is 0 Å². The molecule has 0 bridgehead atoms. The first kappa shape index (κ1) is 8.60. The number of ether oxygens (including phenoxy) is 1. The minimum Gasteiger partial charge on any atom is -0.497 e. The summed E-state index contributed by atoms with van der Waals surface area (Å²) >= 11 is 0. The summed E-state index contributed by atoms with van der Waals surface area (Å²) in [6, 6.07) is 0. The van der Waals surface area contributed by atoms with Crippen molar-refractivity contribution in [2.75, 3.05) is 20.4 Å². The number of hydrogen-bond acceptors (Lipinski definition) is 3. The van der Waals surface area contributed by atoms with E-state index in [1.54, 1.807) is 0 Å². The second kappa shape index (κ2) is 4.48. The quantitative estimate of drug-likeness (QED) is 0.449. The van der Waals surface area contributed by atoms with Crippen LogP contribution < -0.4 is 0 Å². The van der Waals surface area contributed by atoms with Crippen LogP contribution in [0.2, 0.25) is 0 Å². The van der Waals surface area contributed by atoms with Gasteiger partial charge in [-0.2, -0.15) is 0 Å². The van der Waals surface area contributed by atoms with E-state index >= 15 is 0 Å². The third-order valence-electron chi connectivity index (χ3n) is 0.798. The van der Waals surface area contributed by atoms with Gasteiger partial charge in [0.05, 0.1) is 14.2 Å². The Morgan fingerprint density at radius 2 is 2.22 bits per heavy atom. The Bertz CT molecular complexity index is 107. The summed E-state index contributed by atoms with van der Waals surface area (Å²) in [5.41, 5.74) is 0. The van der Waals surface area contributed by atoms with Crippen molar-refractivity contribution in [1.29, 1.82) is 0 Å². The molecule has 0 N–H and O–H groups in total. The Labute approximate surface area is 55.5 Å². The molecule has 0 spiro atoms. The summed E-state index contributed by atoms with van der Waals surface area (Å²) in [7, 11) is 1.28. The van der Waals surface area contributed by atoms with E-state index in [1.165, 1.54) is 14.2 Å². The molecule has 4 heteroatoms. The van der Waals surface area contributed by atoms with Gasteiger partial charge in [-0.15, -0.1) is 4.52 Å². The SMILES string of the molecule is C=C(C[P+](=O)OC)OC. The highest BCUT2D eigenvalue weighted by Crippen LogP contribution is 2.22. The molecule has 0 radical (unpaired) electrons. The zero-order chi connectivity index (χ0) is 7.28. The lowest BCUT2D eigenvalue weighted by molar-refractivity contribution is 0.293. The van der Waals surface area contributed by atoms with E-state index in [2.05, 4.69) is 15.8 Å². The maximum Gasteiger partial charge on any atom is 0.515 e. The molecular formula is C5H10O3P+. The summed E-state index contributed by atoms with van der Waals surface area (Å²) in [6.45, 7) is 3.48. The second-order valence-corrected chi connectivity index (χ2v) is 2.76. The highest BCUT2D eigenvalue weighted by molar-refractivity contribution is 7.39. The van der Waals surface area contributed by atoms with Crippen LogP contribution in [0.4, 0.5) is 0 Å². The van der Waals surface area contributed by atoms with E-state index < -0.39 is 8.03 Å². The summed E-state index contributed by atoms with van der Waals surface area (Å²) < 4.78 is 19.7. The van der Waals surface area contributed by atoms with Crippen molar-refractivity contribution in [2.45, 2.75) is 0 Å². The average molecular weight is 149 g/mol. The van der Waals surface area contributed by atoms with Crippen LogP contribution in [0.15, 0.2) is 12.3 Å². The molecule has 9 heavy (non-hydrogen) atoms. The first-order valence-electron chi connectivity index (χ1n) is 2.41. The summed E-state index contributed by atoms with van der Waals surface area (Å²) in [6.07, 6.45) is 0.280. The van der Waals surface area contributed by atoms with Gasteiger partial charge < -0.3 is 4.74 Å². The van der Waals surface area contributed by atoms with E-state index in [4.69, 9.17) is 0 Å².